The number of hydrogen-bond acceptors (Lipinski definition) is 7. The van der Waals surface area contributed by atoms with Crippen molar-refractivity contribution in [2.45, 2.75) is 12.6 Å². The largest absolute Gasteiger partial charge is 0.465 e. The lowest BCUT2D eigenvalue weighted by atomic mass is 10.1. The van der Waals surface area contributed by atoms with Crippen molar-refractivity contribution in [3.05, 3.63) is 93.7 Å². The fourth-order valence-corrected chi connectivity index (χ4v) is 3.51. The van der Waals surface area contributed by atoms with Crippen molar-refractivity contribution >= 4 is 35.1 Å². The van der Waals surface area contributed by atoms with Gasteiger partial charge >= 0.3 is 11.9 Å². The van der Waals surface area contributed by atoms with Gasteiger partial charge in [0.15, 0.2) is 12.6 Å². The highest BCUT2D eigenvalue weighted by molar-refractivity contribution is 7.12. The van der Waals surface area contributed by atoms with Crippen LogP contribution in [0.2, 0.25) is 0 Å². The van der Waals surface area contributed by atoms with E-state index < -0.39 is 36.4 Å². The first-order valence-corrected chi connectivity index (χ1v) is 10.9. The van der Waals surface area contributed by atoms with Gasteiger partial charge in [0.05, 0.1) is 17.6 Å². The van der Waals surface area contributed by atoms with E-state index in [0.29, 0.717) is 16.0 Å². The van der Waals surface area contributed by atoms with Crippen LogP contribution < -0.4 is 10.6 Å². The van der Waals surface area contributed by atoms with Crippen LogP contribution in [0, 0.1) is 0 Å². The number of rotatable bonds is 9. The SMILES string of the molecule is COC(=O)c1ccc(CNC(=O)COC(=O)C(NC(=O)c2cccs2)c2ccccc2)cc1. The first-order chi connectivity index (χ1) is 16.0. The third-order valence-electron chi connectivity index (χ3n) is 4.60. The molecule has 0 saturated heterocycles. The lowest BCUT2D eigenvalue weighted by Crippen LogP contribution is -2.36. The van der Waals surface area contributed by atoms with Gasteiger partial charge in [-0.2, -0.15) is 0 Å². The fraction of sp³-hybridized carbons (Fsp3) is 0.167. The summed E-state index contributed by atoms with van der Waals surface area (Å²) in [5.41, 5.74) is 1.70. The second-order valence-corrected chi connectivity index (χ2v) is 7.82. The van der Waals surface area contributed by atoms with Crippen LogP contribution in [0.15, 0.2) is 72.1 Å². The number of nitrogens with one attached hydrogen (secondary N) is 2. The van der Waals surface area contributed by atoms with Crippen LogP contribution >= 0.6 is 11.3 Å². The zero-order chi connectivity index (χ0) is 23.6. The van der Waals surface area contributed by atoms with Crippen molar-refractivity contribution < 1.29 is 28.7 Å². The number of benzene rings is 2. The number of hydrogen-bond donors (Lipinski definition) is 2. The minimum Gasteiger partial charge on any atom is -0.465 e. The van der Waals surface area contributed by atoms with Crippen LogP contribution in [0.3, 0.4) is 0 Å². The molecule has 0 fully saturated rings. The summed E-state index contributed by atoms with van der Waals surface area (Å²) in [5, 5.41) is 7.07. The van der Waals surface area contributed by atoms with Crippen molar-refractivity contribution in [2.75, 3.05) is 13.7 Å². The lowest BCUT2D eigenvalue weighted by molar-refractivity contribution is -0.150. The average molecular weight is 467 g/mol. The van der Waals surface area contributed by atoms with E-state index in [1.54, 1.807) is 72.1 Å². The quantitative estimate of drug-likeness (QED) is 0.469. The van der Waals surface area contributed by atoms with Crippen LogP contribution in [-0.4, -0.2) is 37.5 Å². The number of carbonyl (C=O) groups is 4. The topological polar surface area (TPSA) is 111 Å². The third-order valence-corrected chi connectivity index (χ3v) is 5.47. The average Bonchev–Trinajstić information content (AvgIpc) is 3.40. The standard InChI is InChI=1S/C24H22N2O6S/c1-31-23(29)18-11-9-16(10-12-18)14-25-20(27)15-32-24(30)21(17-6-3-2-4-7-17)26-22(28)19-8-5-13-33-19/h2-13,21H,14-15H2,1H3,(H,25,27)(H,26,28). The van der Waals surface area contributed by atoms with Crippen LogP contribution in [0.25, 0.3) is 0 Å². The minimum absolute atomic E-state index is 0.190. The van der Waals surface area contributed by atoms with Crippen LogP contribution in [0.1, 0.15) is 37.2 Å². The maximum atomic E-state index is 12.7. The number of esters is 2. The first kappa shape index (κ1) is 23.7. The molecule has 8 nitrogen and oxygen atoms in total. The maximum Gasteiger partial charge on any atom is 0.337 e. The number of methoxy groups -OCH3 is 1. The molecule has 1 unspecified atom stereocenters. The Morgan fingerprint density at radius 3 is 2.30 bits per heavy atom. The Morgan fingerprint density at radius 2 is 1.67 bits per heavy atom. The summed E-state index contributed by atoms with van der Waals surface area (Å²) in [7, 11) is 1.30. The highest BCUT2D eigenvalue weighted by atomic mass is 32.1. The van der Waals surface area contributed by atoms with Gasteiger partial charge < -0.3 is 20.1 Å². The Bertz CT molecular complexity index is 1100. The molecule has 0 radical (unpaired) electrons. The molecule has 0 aliphatic rings. The van der Waals surface area contributed by atoms with Crippen molar-refractivity contribution in [1.29, 1.82) is 0 Å². The summed E-state index contributed by atoms with van der Waals surface area (Å²) < 4.78 is 9.81. The summed E-state index contributed by atoms with van der Waals surface area (Å²) >= 11 is 1.25. The number of ether oxygens (including phenoxy) is 2. The molecule has 0 aliphatic heterocycles. The van der Waals surface area contributed by atoms with Crippen molar-refractivity contribution in [1.82, 2.24) is 10.6 Å². The molecular formula is C24H22N2O6S. The Labute approximate surface area is 194 Å². The molecular weight excluding hydrogens is 444 g/mol. The second kappa shape index (κ2) is 11.6. The molecule has 0 saturated carbocycles. The molecule has 0 bridgehead atoms. The molecule has 2 amide bonds. The predicted octanol–water partition coefficient (Wildman–Crippen LogP) is 2.87. The number of amides is 2. The van der Waals surface area contributed by atoms with E-state index in [1.165, 1.54) is 18.4 Å². The van der Waals surface area contributed by atoms with Gasteiger partial charge in [-0.15, -0.1) is 11.3 Å². The monoisotopic (exact) mass is 466 g/mol. The molecule has 9 heteroatoms. The molecule has 0 spiro atoms. The molecule has 1 aromatic heterocycles. The predicted molar refractivity (Wildman–Crippen MR) is 122 cm³/mol. The zero-order valence-electron chi connectivity index (χ0n) is 17.8. The van der Waals surface area contributed by atoms with Crippen molar-refractivity contribution in [3.63, 3.8) is 0 Å². The van der Waals surface area contributed by atoms with E-state index in [9.17, 15) is 19.2 Å². The van der Waals surface area contributed by atoms with Gasteiger partial charge in [0.25, 0.3) is 11.8 Å². The van der Waals surface area contributed by atoms with E-state index in [4.69, 9.17) is 4.74 Å². The molecule has 3 rings (SSSR count). The van der Waals surface area contributed by atoms with E-state index in [-0.39, 0.29) is 6.54 Å². The van der Waals surface area contributed by atoms with E-state index >= 15 is 0 Å². The summed E-state index contributed by atoms with van der Waals surface area (Å²) in [6.07, 6.45) is 0. The minimum atomic E-state index is -1.06. The third kappa shape index (κ3) is 6.75. The zero-order valence-corrected chi connectivity index (χ0v) is 18.6. The molecule has 33 heavy (non-hydrogen) atoms. The summed E-state index contributed by atoms with van der Waals surface area (Å²) in [6, 6.07) is 17.5. The number of carbonyl (C=O) groups excluding carboxylic acids is 4. The molecule has 1 atom stereocenters. The van der Waals surface area contributed by atoms with Gasteiger partial charge in [-0.05, 0) is 34.7 Å². The molecule has 2 aromatic carbocycles. The highest BCUT2D eigenvalue weighted by Crippen LogP contribution is 2.17. The van der Waals surface area contributed by atoms with Gasteiger partial charge in [-0.3, -0.25) is 9.59 Å². The lowest BCUT2D eigenvalue weighted by Gasteiger charge is -2.17. The Balaban J connectivity index is 1.55. The van der Waals surface area contributed by atoms with Gasteiger partial charge in [-0.1, -0.05) is 48.5 Å². The van der Waals surface area contributed by atoms with E-state index in [2.05, 4.69) is 15.4 Å². The van der Waals surface area contributed by atoms with E-state index in [1.807, 2.05) is 0 Å². The maximum absolute atomic E-state index is 12.7. The van der Waals surface area contributed by atoms with Crippen molar-refractivity contribution in [2.24, 2.45) is 0 Å². The fourth-order valence-electron chi connectivity index (χ4n) is 2.88. The first-order valence-electron chi connectivity index (χ1n) is 9.98. The van der Waals surface area contributed by atoms with Gasteiger partial charge in [0, 0.05) is 6.54 Å². The smallest absolute Gasteiger partial charge is 0.337 e. The molecule has 3 aromatic rings. The molecule has 170 valence electrons. The normalized spacial score (nSPS) is 11.2. The van der Waals surface area contributed by atoms with Crippen LogP contribution in [-0.2, 0) is 25.6 Å². The Hall–Kier alpha value is -3.98. The number of thiophene rings is 1. The van der Waals surface area contributed by atoms with Crippen molar-refractivity contribution in [3.8, 4) is 0 Å². The second-order valence-electron chi connectivity index (χ2n) is 6.87. The van der Waals surface area contributed by atoms with Gasteiger partial charge in [0.1, 0.15) is 0 Å². The Kier molecular flexibility index (Phi) is 8.31. The van der Waals surface area contributed by atoms with Crippen LogP contribution in [0.5, 0.6) is 0 Å². The van der Waals surface area contributed by atoms with Crippen LogP contribution in [0.4, 0.5) is 0 Å². The van der Waals surface area contributed by atoms with E-state index in [0.717, 1.165) is 5.56 Å². The van der Waals surface area contributed by atoms with Gasteiger partial charge in [-0.25, -0.2) is 9.59 Å². The summed E-state index contributed by atoms with van der Waals surface area (Å²) in [4.78, 5) is 49.2. The molecule has 2 N–H and O–H groups in total. The Morgan fingerprint density at radius 1 is 0.939 bits per heavy atom. The molecule has 0 aliphatic carbocycles. The van der Waals surface area contributed by atoms with Gasteiger partial charge in [0.2, 0.25) is 0 Å². The summed E-state index contributed by atoms with van der Waals surface area (Å²) in [5.74, 6) is -2.10. The molecule has 1 heterocycles. The summed E-state index contributed by atoms with van der Waals surface area (Å²) in [6.45, 7) is -0.313. The highest BCUT2D eigenvalue weighted by Gasteiger charge is 2.25.